The molecular formula is C10H12ClNO. The topological polar surface area (TPSA) is 43.1 Å². The summed E-state index contributed by atoms with van der Waals surface area (Å²) in [7, 11) is 0. The number of nitrogen functional groups attached to an aromatic ring is 1. The largest absolute Gasteiger partial charge is 0.398 e. The van der Waals surface area contributed by atoms with Crippen LogP contribution in [0.2, 0.25) is 5.02 Å². The van der Waals surface area contributed by atoms with Crippen LogP contribution in [0.1, 0.15) is 18.4 Å². The second-order valence-electron chi connectivity index (χ2n) is 2.90. The molecule has 0 unspecified atom stereocenters. The number of nitrogens with two attached hydrogens (primary N) is 1. The van der Waals surface area contributed by atoms with Gasteiger partial charge in [0.1, 0.15) is 6.29 Å². The molecule has 0 atom stereocenters. The second kappa shape index (κ2) is 4.87. The number of rotatable bonds is 4. The van der Waals surface area contributed by atoms with E-state index in [1.54, 1.807) is 6.07 Å². The highest BCUT2D eigenvalue weighted by molar-refractivity contribution is 6.30. The summed E-state index contributed by atoms with van der Waals surface area (Å²) in [6.45, 7) is 0. The van der Waals surface area contributed by atoms with Gasteiger partial charge in [0.05, 0.1) is 0 Å². The first-order valence-electron chi connectivity index (χ1n) is 4.21. The molecule has 0 aliphatic heterocycles. The van der Waals surface area contributed by atoms with Crippen LogP contribution >= 0.6 is 11.6 Å². The fraction of sp³-hybridized carbons (Fsp3) is 0.300. The van der Waals surface area contributed by atoms with Crippen LogP contribution < -0.4 is 5.73 Å². The minimum absolute atomic E-state index is 0.585. The summed E-state index contributed by atoms with van der Waals surface area (Å²) in [6, 6.07) is 5.45. The second-order valence-corrected chi connectivity index (χ2v) is 3.34. The summed E-state index contributed by atoms with van der Waals surface area (Å²) < 4.78 is 0. The zero-order chi connectivity index (χ0) is 9.68. The molecule has 0 radical (unpaired) electrons. The van der Waals surface area contributed by atoms with Crippen molar-refractivity contribution in [2.45, 2.75) is 19.3 Å². The summed E-state index contributed by atoms with van der Waals surface area (Å²) >= 11 is 5.74. The molecule has 1 aromatic carbocycles. The summed E-state index contributed by atoms with van der Waals surface area (Å²) in [5, 5.41) is 0.650. The predicted molar refractivity (Wildman–Crippen MR) is 54.9 cm³/mol. The Hall–Kier alpha value is -1.02. The van der Waals surface area contributed by atoms with Gasteiger partial charge >= 0.3 is 0 Å². The van der Waals surface area contributed by atoms with Crippen LogP contribution in [0.15, 0.2) is 18.2 Å². The highest BCUT2D eigenvalue weighted by Gasteiger charge is 1.99. The van der Waals surface area contributed by atoms with Gasteiger partial charge in [0.2, 0.25) is 0 Å². The van der Waals surface area contributed by atoms with E-state index >= 15 is 0 Å². The van der Waals surface area contributed by atoms with Crippen molar-refractivity contribution in [3.63, 3.8) is 0 Å². The SMILES string of the molecule is Nc1cc(Cl)ccc1CCCC=O. The first-order valence-corrected chi connectivity index (χ1v) is 4.59. The molecule has 0 saturated carbocycles. The molecule has 70 valence electrons. The number of unbranched alkanes of at least 4 members (excludes halogenated alkanes) is 1. The first kappa shape index (κ1) is 10.1. The fourth-order valence-corrected chi connectivity index (χ4v) is 1.35. The number of carbonyl (C=O) groups excluding carboxylic acids is 1. The Morgan fingerprint density at radius 2 is 2.23 bits per heavy atom. The van der Waals surface area contributed by atoms with Gasteiger partial charge in [-0.15, -0.1) is 0 Å². The highest BCUT2D eigenvalue weighted by atomic mass is 35.5. The smallest absolute Gasteiger partial charge is 0.120 e. The van der Waals surface area contributed by atoms with E-state index in [1.165, 1.54) is 0 Å². The summed E-state index contributed by atoms with van der Waals surface area (Å²) in [6.07, 6.45) is 3.19. The zero-order valence-corrected chi connectivity index (χ0v) is 8.05. The lowest BCUT2D eigenvalue weighted by Crippen LogP contribution is -1.94. The minimum Gasteiger partial charge on any atom is -0.398 e. The van der Waals surface area contributed by atoms with Crippen LogP contribution in [-0.4, -0.2) is 6.29 Å². The van der Waals surface area contributed by atoms with Crippen LogP contribution in [-0.2, 0) is 11.2 Å². The molecule has 0 aliphatic carbocycles. The first-order chi connectivity index (χ1) is 6.24. The third-order valence-electron chi connectivity index (χ3n) is 1.88. The Labute approximate surface area is 82.7 Å². The van der Waals surface area contributed by atoms with Gasteiger partial charge in [-0.2, -0.15) is 0 Å². The number of halogens is 1. The van der Waals surface area contributed by atoms with Crippen molar-refractivity contribution in [2.75, 3.05) is 5.73 Å². The molecule has 0 aliphatic rings. The van der Waals surface area contributed by atoms with Crippen LogP contribution in [0.5, 0.6) is 0 Å². The molecule has 0 heterocycles. The Bertz CT molecular complexity index is 299. The quantitative estimate of drug-likeness (QED) is 0.458. The molecule has 1 aromatic rings. The molecule has 0 fully saturated rings. The maximum Gasteiger partial charge on any atom is 0.120 e. The number of aryl methyl sites for hydroxylation is 1. The maximum atomic E-state index is 10.1. The third-order valence-corrected chi connectivity index (χ3v) is 2.11. The molecule has 0 aromatic heterocycles. The van der Waals surface area contributed by atoms with E-state index in [2.05, 4.69) is 0 Å². The minimum atomic E-state index is 0.585. The normalized spacial score (nSPS) is 9.92. The van der Waals surface area contributed by atoms with Gasteiger partial charge in [-0.3, -0.25) is 0 Å². The molecule has 2 nitrogen and oxygen atoms in total. The maximum absolute atomic E-state index is 10.1. The monoisotopic (exact) mass is 197 g/mol. The third kappa shape index (κ3) is 3.07. The Balaban J connectivity index is 2.61. The fourth-order valence-electron chi connectivity index (χ4n) is 1.17. The van der Waals surface area contributed by atoms with Gasteiger partial charge in [-0.25, -0.2) is 0 Å². The Morgan fingerprint density at radius 1 is 1.46 bits per heavy atom. The van der Waals surface area contributed by atoms with Crippen LogP contribution in [0, 0.1) is 0 Å². The Kier molecular flexibility index (Phi) is 3.77. The lowest BCUT2D eigenvalue weighted by Gasteiger charge is -2.03. The van der Waals surface area contributed by atoms with Crippen molar-refractivity contribution >= 4 is 23.6 Å². The van der Waals surface area contributed by atoms with Crippen molar-refractivity contribution in [3.8, 4) is 0 Å². The van der Waals surface area contributed by atoms with Crippen molar-refractivity contribution in [1.29, 1.82) is 0 Å². The number of hydrogen-bond acceptors (Lipinski definition) is 2. The molecule has 0 bridgehead atoms. The van der Waals surface area contributed by atoms with Gasteiger partial charge in [-0.1, -0.05) is 17.7 Å². The molecule has 2 N–H and O–H groups in total. The van der Waals surface area contributed by atoms with E-state index in [-0.39, 0.29) is 0 Å². The standard InChI is InChI=1S/C10H12ClNO/c11-9-5-4-8(10(12)7-9)3-1-2-6-13/h4-7H,1-3,12H2. The van der Waals surface area contributed by atoms with Crippen molar-refractivity contribution in [1.82, 2.24) is 0 Å². The summed E-state index contributed by atoms with van der Waals surface area (Å²) in [4.78, 5) is 10.1. The number of benzene rings is 1. The molecule has 1 rings (SSSR count). The molecule has 13 heavy (non-hydrogen) atoms. The van der Waals surface area contributed by atoms with Crippen molar-refractivity contribution in [2.24, 2.45) is 0 Å². The van der Waals surface area contributed by atoms with E-state index in [1.807, 2.05) is 12.1 Å². The van der Waals surface area contributed by atoms with E-state index in [0.717, 1.165) is 24.7 Å². The van der Waals surface area contributed by atoms with Gasteiger partial charge in [0.25, 0.3) is 0 Å². The molecule has 0 spiro atoms. The van der Waals surface area contributed by atoms with E-state index in [4.69, 9.17) is 17.3 Å². The van der Waals surface area contributed by atoms with Gasteiger partial charge in [0, 0.05) is 17.1 Å². The zero-order valence-electron chi connectivity index (χ0n) is 7.29. The Morgan fingerprint density at radius 3 is 2.85 bits per heavy atom. The predicted octanol–water partition coefficient (Wildman–Crippen LogP) is 2.44. The van der Waals surface area contributed by atoms with E-state index < -0.39 is 0 Å². The number of carbonyl (C=O) groups is 1. The molecule has 0 amide bonds. The van der Waals surface area contributed by atoms with Gasteiger partial charge in [0.15, 0.2) is 0 Å². The molecular weight excluding hydrogens is 186 g/mol. The molecule has 3 heteroatoms. The lowest BCUT2D eigenvalue weighted by molar-refractivity contribution is -0.107. The lowest BCUT2D eigenvalue weighted by atomic mass is 10.1. The van der Waals surface area contributed by atoms with E-state index in [0.29, 0.717) is 17.1 Å². The highest BCUT2D eigenvalue weighted by Crippen LogP contribution is 2.19. The van der Waals surface area contributed by atoms with Crippen LogP contribution in [0.3, 0.4) is 0 Å². The van der Waals surface area contributed by atoms with Crippen molar-refractivity contribution in [3.05, 3.63) is 28.8 Å². The van der Waals surface area contributed by atoms with Gasteiger partial charge in [-0.05, 0) is 30.5 Å². The van der Waals surface area contributed by atoms with Gasteiger partial charge < -0.3 is 10.5 Å². The summed E-state index contributed by atoms with van der Waals surface area (Å²) in [5.41, 5.74) is 7.50. The van der Waals surface area contributed by atoms with Crippen LogP contribution in [0.25, 0.3) is 0 Å². The number of hydrogen-bond donors (Lipinski definition) is 1. The van der Waals surface area contributed by atoms with Crippen molar-refractivity contribution < 1.29 is 4.79 Å². The number of aldehydes is 1. The average molecular weight is 198 g/mol. The molecule has 0 saturated heterocycles. The summed E-state index contributed by atoms with van der Waals surface area (Å²) in [5.74, 6) is 0. The number of anilines is 1. The average Bonchev–Trinajstić information content (AvgIpc) is 2.09. The van der Waals surface area contributed by atoms with E-state index in [9.17, 15) is 4.79 Å². The van der Waals surface area contributed by atoms with Crippen LogP contribution in [0.4, 0.5) is 5.69 Å².